The van der Waals surface area contributed by atoms with Gasteiger partial charge in [-0.05, 0) is 24.1 Å². The van der Waals surface area contributed by atoms with Gasteiger partial charge in [0.05, 0.1) is 11.7 Å². The fourth-order valence-corrected chi connectivity index (χ4v) is 4.10. The number of carboxylic acid groups (broad SMARTS) is 1. The first-order chi connectivity index (χ1) is 10.9. The van der Waals surface area contributed by atoms with Crippen molar-refractivity contribution < 1.29 is 18.3 Å². The Labute approximate surface area is 134 Å². The molecule has 2 atom stereocenters. The van der Waals surface area contributed by atoms with E-state index in [4.69, 9.17) is 10.8 Å². The summed E-state index contributed by atoms with van der Waals surface area (Å²) in [5.41, 5.74) is 6.68. The van der Waals surface area contributed by atoms with Crippen molar-refractivity contribution in [3.8, 4) is 0 Å². The molecule has 2 aromatic rings. The van der Waals surface area contributed by atoms with Crippen LogP contribution in [0.2, 0.25) is 0 Å². The van der Waals surface area contributed by atoms with Crippen LogP contribution in [0.1, 0.15) is 12.0 Å². The summed E-state index contributed by atoms with van der Waals surface area (Å²) in [5, 5.41) is 7.79. The van der Waals surface area contributed by atoms with Crippen LogP contribution in [0, 0.1) is 0 Å². The summed E-state index contributed by atoms with van der Waals surface area (Å²) in [6.07, 6.45) is 1.09. The largest absolute Gasteiger partial charge is 0.481 e. The molecular formula is C16H18N2O4S. The maximum Gasteiger partial charge on any atom is 0.304 e. The van der Waals surface area contributed by atoms with Crippen LogP contribution in [-0.4, -0.2) is 35.8 Å². The molecule has 7 heteroatoms. The van der Waals surface area contributed by atoms with Gasteiger partial charge in [0.25, 0.3) is 0 Å². The molecule has 1 unspecified atom stereocenters. The highest BCUT2D eigenvalue weighted by atomic mass is 32.2. The van der Waals surface area contributed by atoms with Crippen LogP contribution in [0.25, 0.3) is 0 Å². The number of hydrogen-bond acceptors (Lipinski definition) is 5. The molecule has 122 valence electrons. The first-order valence-corrected chi connectivity index (χ1v) is 8.62. The fourth-order valence-electron chi connectivity index (χ4n) is 2.34. The van der Waals surface area contributed by atoms with Gasteiger partial charge in [-0.1, -0.05) is 36.4 Å². The molecule has 3 N–H and O–H groups in total. The molecule has 23 heavy (non-hydrogen) atoms. The lowest BCUT2D eigenvalue weighted by Crippen LogP contribution is -2.43. The molecule has 0 aliphatic rings. The van der Waals surface area contributed by atoms with Gasteiger partial charge in [-0.15, -0.1) is 0 Å². The van der Waals surface area contributed by atoms with Gasteiger partial charge in [0.1, 0.15) is 0 Å². The van der Waals surface area contributed by atoms with E-state index in [1.54, 1.807) is 36.4 Å². The molecule has 1 aromatic heterocycles. The third-order valence-electron chi connectivity index (χ3n) is 3.50. The third kappa shape index (κ3) is 4.37. The molecule has 0 aliphatic carbocycles. The Hall–Kier alpha value is -2.25. The molecule has 2 rings (SSSR count). The van der Waals surface area contributed by atoms with Crippen LogP contribution >= 0.6 is 0 Å². The first-order valence-electron chi connectivity index (χ1n) is 7.07. The Morgan fingerprint density at radius 3 is 2.35 bits per heavy atom. The van der Waals surface area contributed by atoms with Crippen molar-refractivity contribution in [2.24, 2.45) is 5.73 Å². The Balaban J connectivity index is 2.38. The number of hydrogen-bond donors (Lipinski definition) is 2. The number of nitrogens with zero attached hydrogens (tertiary/aromatic N) is 1. The second-order valence-electron chi connectivity index (χ2n) is 5.20. The summed E-state index contributed by atoms with van der Waals surface area (Å²) in [5.74, 6) is -1.13. The average molecular weight is 334 g/mol. The van der Waals surface area contributed by atoms with E-state index in [-0.39, 0.29) is 11.4 Å². The summed E-state index contributed by atoms with van der Waals surface area (Å²) in [4.78, 5) is 14.8. The minimum atomic E-state index is -3.84. The van der Waals surface area contributed by atoms with E-state index in [1.165, 1.54) is 12.3 Å². The SMILES string of the molecule is N[C@@H](CC(=O)O)C(Cc1ccccc1)S(=O)(=O)c1ccccn1. The second kappa shape index (κ2) is 7.34. The number of pyridine rings is 1. The molecule has 0 amide bonds. The minimum Gasteiger partial charge on any atom is -0.481 e. The van der Waals surface area contributed by atoms with Crippen molar-refractivity contribution in [2.75, 3.05) is 0 Å². The number of rotatable bonds is 7. The van der Waals surface area contributed by atoms with Crippen molar-refractivity contribution >= 4 is 15.8 Å². The van der Waals surface area contributed by atoms with E-state index >= 15 is 0 Å². The zero-order chi connectivity index (χ0) is 16.9. The molecule has 0 fully saturated rings. The molecule has 0 saturated heterocycles. The number of carbonyl (C=O) groups is 1. The maximum absolute atomic E-state index is 12.8. The van der Waals surface area contributed by atoms with Gasteiger partial charge >= 0.3 is 5.97 Å². The lowest BCUT2D eigenvalue weighted by atomic mass is 10.0. The minimum absolute atomic E-state index is 0.0956. The molecule has 6 nitrogen and oxygen atoms in total. The summed E-state index contributed by atoms with van der Waals surface area (Å²) in [7, 11) is -3.84. The second-order valence-corrected chi connectivity index (χ2v) is 7.32. The quantitative estimate of drug-likeness (QED) is 0.789. The Morgan fingerprint density at radius 2 is 1.78 bits per heavy atom. The number of sulfone groups is 1. The lowest BCUT2D eigenvalue weighted by Gasteiger charge is -2.22. The number of aliphatic carboxylic acids is 1. The highest BCUT2D eigenvalue weighted by Crippen LogP contribution is 2.21. The summed E-state index contributed by atoms with van der Waals surface area (Å²) < 4.78 is 25.6. The van der Waals surface area contributed by atoms with Crippen molar-refractivity contribution in [2.45, 2.75) is 29.2 Å². The van der Waals surface area contributed by atoms with E-state index in [2.05, 4.69) is 4.98 Å². The maximum atomic E-state index is 12.8. The van der Waals surface area contributed by atoms with Crippen LogP contribution in [0.15, 0.2) is 59.8 Å². The van der Waals surface area contributed by atoms with Crippen molar-refractivity contribution in [1.29, 1.82) is 0 Å². The van der Waals surface area contributed by atoms with Crippen LogP contribution in [0.4, 0.5) is 0 Å². The topological polar surface area (TPSA) is 110 Å². The monoisotopic (exact) mass is 334 g/mol. The van der Waals surface area contributed by atoms with Crippen LogP contribution in [0.5, 0.6) is 0 Å². The van der Waals surface area contributed by atoms with Gasteiger partial charge in [0, 0.05) is 12.2 Å². The Kier molecular flexibility index (Phi) is 5.46. The zero-order valence-corrected chi connectivity index (χ0v) is 13.2. The summed E-state index contributed by atoms with van der Waals surface area (Å²) in [6, 6.07) is 12.5. The number of aromatic nitrogens is 1. The van der Waals surface area contributed by atoms with Crippen LogP contribution in [0.3, 0.4) is 0 Å². The molecule has 0 aliphatic heterocycles. The van der Waals surface area contributed by atoms with Crippen LogP contribution in [-0.2, 0) is 21.1 Å². The van der Waals surface area contributed by atoms with Crippen molar-refractivity contribution in [3.05, 3.63) is 60.3 Å². The van der Waals surface area contributed by atoms with E-state index < -0.39 is 33.5 Å². The molecule has 0 bridgehead atoms. The Bertz CT molecular complexity index is 748. The normalized spacial score (nSPS) is 14.1. The predicted molar refractivity (Wildman–Crippen MR) is 85.6 cm³/mol. The smallest absolute Gasteiger partial charge is 0.304 e. The van der Waals surface area contributed by atoms with E-state index in [0.717, 1.165) is 5.56 Å². The molecule has 1 heterocycles. The molecule has 0 spiro atoms. The molecule has 0 saturated carbocycles. The summed E-state index contributed by atoms with van der Waals surface area (Å²) >= 11 is 0. The number of nitrogens with two attached hydrogens (primary N) is 1. The number of carboxylic acids is 1. The highest BCUT2D eigenvalue weighted by molar-refractivity contribution is 7.92. The average Bonchev–Trinajstić information content (AvgIpc) is 2.53. The van der Waals surface area contributed by atoms with Crippen LogP contribution < -0.4 is 5.73 Å². The molecular weight excluding hydrogens is 316 g/mol. The van der Waals surface area contributed by atoms with E-state index in [0.29, 0.717) is 0 Å². The van der Waals surface area contributed by atoms with Gasteiger partial charge in [-0.3, -0.25) is 4.79 Å². The first kappa shape index (κ1) is 17.1. The Morgan fingerprint density at radius 1 is 1.13 bits per heavy atom. The van der Waals surface area contributed by atoms with Gasteiger partial charge in [0.2, 0.25) is 0 Å². The standard InChI is InChI=1S/C16H18N2O4S/c17-13(11-16(19)20)14(10-12-6-2-1-3-7-12)23(21,22)15-8-4-5-9-18-15/h1-9,13-14H,10-11,17H2,(H,19,20)/t13-,14?/m0/s1. The van der Waals surface area contributed by atoms with Gasteiger partial charge in [-0.2, -0.15) is 0 Å². The van der Waals surface area contributed by atoms with Gasteiger partial charge < -0.3 is 10.8 Å². The van der Waals surface area contributed by atoms with E-state index in [1.807, 2.05) is 6.07 Å². The summed E-state index contributed by atoms with van der Waals surface area (Å²) in [6.45, 7) is 0. The predicted octanol–water partition coefficient (Wildman–Crippen LogP) is 1.27. The van der Waals surface area contributed by atoms with Gasteiger partial charge in [0.15, 0.2) is 14.9 Å². The third-order valence-corrected chi connectivity index (χ3v) is 5.63. The fraction of sp³-hybridized carbons (Fsp3) is 0.250. The van der Waals surface area contributed by atoms with Crippen molar-refractivity contribution in [3.63, 3.8) is 0 Å². The lowest BCUT2D eigenvalue weighted by molar-refractivity contribution is -0.137. The molecule has 0 radical (unpaired) electrons. The number of benzene rings is 1. The van der Waals surface area contributed by atoms with Crippen molar-refractivity contribution in [1.82, 2.24) is 4.98 Å². The van der Waals surface area contributed by atoms with Gasteiger partial charge in [-0.25, -0.2) is 13.4 Å². The highest BCUT2D eigenvalue weighted by Gasteiger charge is 2.34. The molecule has 1 aromatic carbocycles. The zero-order valence-electron chi connectivity index (χ0n) is 12.4. The van der Waals surface area contributed by atoms with E-state index in [9.17, 15) is 13.2 Å².